The molecule has 9 heteroatoms. The van der Waals surface area contributed by atoms with E-state index in [1.165, 1.54) is 30.6 Å². The SMILES string of the molecule is COC(=O)CCCc1nnc(NC(=O)NC2(c3ccc(F)cc3)CCCC2)s1. The molecule has 3 rings (SSSR count). The lowest BCUT2D eigenvalue weighted by atomic mass is 9.88. The number of halogens is 1. The molecule has 1 heterocycles. The fraction of sp³-hybridized carbons (Fsp3) is 0.474. The number of ether oxygens (including phenoxy) is 1. The van der Waals surface area contributed by atoms with Gasteiger partial charge in [-0.15, -0.1) is 10.2 Å². The van der Waals surface area contributed by atoms with E-state index in [-0.39, 0.29) is 17.8 Å². The highest BCUT2D eigenvalue weighted by Crippen LogP contribution is 2.38. The number of anilines is 1. The van der Waals surface area contributed by atoms with Crippen molar-refractivity contribution in [3.63, 3.8) is 0 Å². The summed E-state index contributed by atoms with van der Waals surface area (Å²) in [5, 5.41) is 15.0. The number of esters is 1. The van der Waals surface area contributed by atoms with Gasteiger partial charge >= 0.3 is 12.0 Å². The molecular formula is C19H23FN4O3S. The molecule has 7 nitrogen and oxygen atoms in total. The molecule has 0 aliphatic heterocycles. The maximum Gasteiger partial charge on any atom is 0.321 e. The first-order chi connectivity index (χ1) is 13.5. The van der Waals surface area contributed by atoms with E-state index in [4.69, 9.17) is 0 Å². The lowest BCUT2D eigenvalue weighted by Gasteiger charge is -2.30. The van der Waals surface area contributed by atoms with Crippen LogP contribution >= 0.6 is 11.3 Å². The summed E-state index contributed by atoms with van der Waals surface area (Å²) in [5.74, 6) is -0.556. The van der Waals surface area contributed by atoms with Gasteiger partial charge in [0, 0.05) is 12.8 Å². The van der Waals surface area contributed by atoms with Crippen molar-refractivity contribution in [2.45, 2.75) is 50.5 Å². The zero-order valence-corrected chi connectivity index (χ0v) is 16.5. The van der Waals surface area contributed by atoms with Crippen LogP contribution in [0.3, 0.4) is 0 Å². The highest BCUT2D eigenvalue weighted by molar-refractivity contribution is 7.15. The lowest BCUT2D eigenvalue weighted by molar-refractivity contribution is -0.140. The van der Waals surface area contributed by atoms with Crippen LogP contribution in [0.5, 0.6) is 0 Å². The van der Waals surface area contributed by atoms with Crippen molar-refractivity contribution in [1.29, 1.82) is 0 Å². The molecule has 0 atom stereocenters. The first-order valence-electron chi connectivity index (χ1n) is 9.25. The quantitative estimate of drug-likeness (QED) is 0.683. The maximum absolute atomic E-state index is 13.3. The van der Waals surface area contributed by atoms with E-state index < -0.39 is 5.54 Å². The Labute approximate surface area is 166 Å². The van der Waals surface area contributed by atoms with E-state index in [1.807, 2.05) is 0 Å². The molecule has 1 aromatic heterocycles. The molecule has 1 aliphatic rings. The summed E-state index contributed by atoms with van der Waals surface area (Å²) in [5.41, 5.74) is 0.411. The molecule has 150 valence electrons. The minimum Gasteiger partial charge on any atom is -0.469 e. The lowest BCUT2D eigenvalue weighted by Crippen LogP contribution is -2.45. The Morgan fingerprint density at radius 3 is 2.61 bits per heavy atom. The number of benzene rings is 1. The second-order valence-electron chi connectivity index (χ2n) is 6.81. The summed E-state index contributed by atoms with van der Waals surface area (Å²) in [6, 6.07) is 5.93. The second-order valence-corrected chi connectivity index (χ2v) is 7.87. The summed E-state index contributed by atoms with van der Waals surface area (Å²) in [7, 11) is 1.36. The van der Waals surface area contributed by atoms with Crippen LogP contribution in [0.25, 0.3) is 0 Å². The number of nitrogens with one attached hydrogen (secondary N) is 2. The largest absolute Gasteiger partial charge is 0.469 e. The molecule has 1 aliphatic carbocycles. The van der Waals surface area contributed by atoms with Gasteiger partial charge in [-0.2, -0.15) is 0 Å². The molecule has 1 aromatic carbocycles. The number of hydrogen-bond acceptors (Lipinski definition) is 6. The molecule has 1 saturated carbocycles. The van der Waals surface area contributed by atoms with Crippen molar-refractivity contribution >= 4 is 28.5 Å². The van der Waals surface area contributed by atoms with Crippen LogP contribution in [-0.4, -0.2) is 29.3 Å². The number of carbonyl (C=O) groups is 2. The molecule has 2 amide bonds. The highest BCUT2D eigenvalue weighted by Gasteiger charge is 2.37. The van der Waals surface area contributed by atoms with Crippen molar-refractivity contribution in [1.82, 2.24) is 15.5 Å². The van der Waals surface area contributed by atoms with Crippen LogP contribution in [0, 0.1) is 5.82 Å². The zero-order valence-electron chi connectivity index (χ0n) is 15.7. The third-order valence-corrected chi connectivity index (χ3v) is 5.79. The van der Waals surface area contributed by atoms with Gasteiger partial charge in [0.2, 0.25) is 5.13 Å². The van der Waals surface area contributed by atoms with Gasteiger partial charge in [0.25, 0.3) is 0 Å². The molecule has 0 spiro atoms. The van der Waals surface area contributed by atoms with Gasteiger partial charge in [0.1, 0.15) is 10.8 Å². The monoisotopic (exact) mass is 406 g/mol. The molecule has 2 aromatic rings. The Morgan fingerprint density at radius 2 is 1.93 bits per heavy atom. The van der Waals surface area contributed by atoms with E-state index in [1.54, 1.807) is 12.1 Å². The minimum absolute atomic E-state index is 0.259. The van der Waals surface area contributed by atoms with Crippen LogP contribution in [0.15, 0.2) is 24.3 Å². The standard InChI is InChI=1S/C19H23FN4O3S/c1-27-16(25)6-4-5-15-23-24-18(28-15)21-17(26)22-19(11-2-3-12-19)13-7-9-14(20)10-8-13/h7-10H,2-6,11-12H2,1H3,(H2,21,22,24,26). The molecule has 0 saturated heterocycles. The average molecular weight is 406 g/mol. The fourth-order valence-electron chi connectivity index (χ4n) is 3.47. The fourth-order valence-corrected chi connectivity index (χ4v) is 4.25. The first-order valence-corrected chi connectivity index (χ1v) is 10.1. The Morgan fingerprint density at radius 1 is 1.21 bits per heavy atom. The number of nitrogens with zero attached hydrogens (tertiary/aromatic N) is 2. The summed E-state index contributed by atoms with van der Waals surface area (Å²) < 4.78 is 17.9. The van der Waals surface area contributed by atoms with E-state index >= 15 is 0 Å². The number of aromatic nitrogens is 2. The van der Waals surface area contributed by atoms with Gasteiger partial charge < -0.3 is 10.1 Å². The maximum atomic E-state index is 13.3. The van der Waals surface area contributed by atoms with Crippen LogP contribution in [0.4, 0.5) is 14.3 Å². The zero-order chi connectivity index (χ0) is 20.0. The molecule has 2 N–H and O–H groups in total. The second kappa shape index (κ2) is 9.09. The van der Waals surface area contributed by atoms with Crippen molar-refractivity contribution in [2.75, 3.05) is 12.4 Å². The predicted molar refractivity (Wildman–Crippen MR) is 104 cm³/mol. The van der Waals surface area contributed by atoms with Crippen LogP contribution in [0.2, 0.25) is 0 Å². The number of methoxy groups -OCH3 is 1. The summed E-state index contributed by atoms with van der Waals surface area (Å²) in [6.07, 6.45) is 5.14. The topological polar surface area (TPSA) is 93.2 Å². The first kappa shape index (κ1) is 20.2. The van der Waals surface area contributed by atoms with Crippen LogP contribution in [0.1, 0.15) is 49.1 Å². The third kappa shape index (κ3) is 5.03. The van der Waals surface area contributed by atoms with Crippen molar-refractivity contribution in [3.8, 4) is 0 Å². The van der Waals surface area contributed by atoms with Gasteiger partial charge in [-0.1, -0.05) is 36.3 Å². The van der Waals surface area contributed by atoms with Gasteiger partial charge in [-0.05, 0) is 37.0 Å². The molecule has 0 unspecified atom stereocenters. The Hall–Kier alpha value is -2.55. The summed E-state index contributed by atoms with van der Waals surface area (Å²) >= 11 is 1.28. The van der Waals surface area contributed by atoms with Gasteiger partial charge in [0.05, 0.1) is 12.6 Å². The van der Waals surface area contributed by atoms with Crippen LogP contribution in [-0.2, 0) is 21.5 Å². The number of amides is 2. The van der Waals surface area contributed by atoms with E-state index in [2.05, 4.69) is 25.6 Å². The van der Waals surface area contributed by atoms with E-state index in [0.29, 0.717) is 24.4 Å². The van der Waals surface area contributed by atoms with Crippen LogP contribution < -0.4 is 10.6 Å². The molecule has 0 bridgehead atoms. The number of urea groups is 1. The minimum atomic E-state index is -0.494. The average Bonchev–Trinajstić information content (AvgIpc) is 3.32. The Balaban J connectivity index is 1.58. The summed E-state index contributed by atoms with van der Waals surface area (Å²) in [4.78, 5) is 23.7. The van der Waals surface area contributed by atoms with Gasteiger partial charge in [-0.3, -0.25) is 10.1 Å². The number of carbonyl (C=O) groups excluding carboxylic acids is 2. The van der Waals surface area contributed by atoms with Crippen molar-refractivity contribution in [3.05, 3.63) is 40.7 Å². The van der Waals surface area contributed by atoms with E-state index in [9.17, 15) is 14.0 Å². The highest BCUT2D eigenvalue weighted by atomic mass is 32.1. The molecule has 1 fully saturated rings. The Bertz CT molecular complexity index is 819. The summed E-state index contributed by atoms with van der Waals surface area (Å²) in [6.45, 7) is 0. The van der Waals surface area contributed by atoms with Gasteiger partial charge in [-0.25, -0.2) is 9.18 Å². The number of aryl methyl sites for hydroxylation is 1. The number of rotatable bonds is 7. The van der Waals surface area contributed by atoms with Gasteiger partial charge in [0.15, 0.2) is 0 Å². The normalized spacial score (nSPS) is 15.2. The van der Waals surface area contributed by atoms with Crippen molar-refractivity contribution < 1.29 is 18.7 Å². The smallest absolute Gasteiger partial charge is 0.321 e. The third-order valence-electron chi connectivity index (χ3n) is 4.89. The molecule has 0 radical (unpaired) electrons. The predicted octanol–water partition coefficient (Wildman–Crippen LogP) is 3.76. The number of hydrogen-bond donors (Lipinski definition) is 2. The molecular weight excluding hydrogens is 383 g/mol. The Kier molecular flexibility index (Phi) is 6.56. The van der Waals surface area contributed by atoms with Crippen molar-refractivity contribution in [2.24, 2.45) is 0 Å². The van der Waals surface area contributed by atoms with E-state index in [0.717, 1.165) is 36.3 Å². The molecule has 28 heavy (non-hydrogen) atoms.